The smallest absolute Gasteiger partial charge is 0.233 e. The van der Waals surface area contributed by atoms with Gasteiger partial charge in [0.15, 0.2) is 5.16 Å². The highest BCUT2D eigenvalue weighted by molar-refractivity contribution is 7.99. The van der Waals surface area contributed by atoms with Gasteiger partial charge in [-0.2, -0.15) is 0 Å². The number of aromatic nitrogens is 4. The molecule has 2 aromatic heterocycles. The van der Waals surface area contributed by atoms with Gasteiger partial charge in [-0.1, -0.05) is 60.3 Å². The van der Waals surface area contributed by atoms with Crippen LogP contribution in [-0.4, -0.2) is 42.9 Å². The van der Waals surface area contributed by atoms with Crippen LogP contribution in [0.4, 0.5) is 0 Å². The average molecular weight is 432 g/mol. The number of fused-ring (bicyclic) bond motifs is 3. The molecular formula is C24H25N5OS. The Kier molecular flexibility index (Phi) is 5.51. The molecule has 1 aliphatic rings. The number of carbonyl (C=O) groups excluding carboxylic acids is 1. The molecule has 7 heteroatoms. The molecule has 0 fully saturated rings. The molecule has 158 valence electrons. The number of nitrogens with one attached hydrogen (secondary N) is 1. The van der Waals surface area contributed by atoms with Crippen molar-refractivity contribution in [3.8, 4) is 0 Å². The summed E-state index contributed by atoms with van der Waals surface area (Å²) >= 11 is 1.48. The normalized spacial score (nSPS) is 13.5. The molecule has 1 N–H and O–H groups in total. The maximum absolute atomic E-state index is 13.0. The van der Waals surface area contributed by atoms with Crippen LogP contribution in [0.3, 0.4) is 0 Å². The molecule has 0 saturated heterocycles. The van der Waals surface area contributed by atoms with Gasteiger partial charge in [0, 0.05) is 54.6 Å². The number of aromatic amines is 1. The lowest BCUT2D eigenvalue weighted by atomic mass is 10.0. The highest BCUT2D eigenvalue weighted by Crippen LogP contribution is 2.28. The summed E-state index contributed by atoms with van der Waals surface area (Å²) in [7, 11) is 0. The van der Waals surface area contributed by atoms with Gasteiger partial charge in [-0.3, -0.25) is 4.79 Å². The van der Waals surface area contributed by atoms with Crippen LogP contribution in [0.2, 0.25) is 0 Å². The number of amides is 1. The monoisotopic (exact) mass is 431 g/mol. The second kappa shape index (κ2) is 8.59. The average Bonchev–Trinajstić information content (AvgIpc) is 3.38. The van der Waals surface area contributed by atoms with Crippen LogP contribution in [0.5, 0.6) is 0 Å². The molecule has 3 heterocycles. The third kappa shape index (κ3) is 3.97. The van der Waals surface area contributed by atoms with E-state index in [4.69, 9.17) is 0 Å². The van der Waals surface area contributed by atoms with Gasteiger partial charge in [0.1, 0.15) is 5.82 Å². The van der Waals surface area contributed by atoms with Crippen molar-refractivity contribution in [2.24, 2.45) is 0 Å². The van der Waals surface area contributed by atoms with Crippen molar-refractivity contribution in [3.05, 3.63) is 77.2 Å². The lowest BCUT2D eigenvalue weighted by molar-refractivity contribution is -0.129. The van der Waals surface area contributed by atoms with Gasteiger partial charge in [0.05, 0.1) is 5.75 Å². The predicted molar refractivity (Wildman–Crippen MR) is 123 cm³/mol. The quantitative estimate of drug-likeness (QED) is 0.468. The third-order valence-electron chi connectivity index (χ3n) is 5.87. The van der Waals surface area contributed by atoms with Crippen molar-refractivity contribution in [2.75, 3.05) is 12.3 Å². The lowest BCUT2D eigenvalue weighted by Gasteiger charge is -2.27. The maximum atomic E-state index is 13.0. The fraction of sp³-hybridized carbons (Fsp3) is 0.292. The van der Waals surface area contributed by atoms with Gasteiger partial charge in [0.25, 0.3) is 0 Å². The summed E-state index contributed by atoms with van der Waals surface area (Å²) in [5.74, 6) is 1.46. The summed E-state index contributed by atoms with van der Waals surface area (Å²) in [5.41, 5.74) is 4.87. The predicted octanol–water partition coefficient (Wildman–Crippen LogP) is 4.05. The van der Waals surface area contributed by atoms with Crippen LogP contribution in [0, 0.1) is 0 Å². The molecule has 1 aliphatic heterocycles. The Bertz CT molecular complexity index is 1210. The van der Waals surface area contributed by atoms with Gasteiger partial charge in [-0.25, -0.2) is 0 Å². The van der Waals surface area contributed by atoms with E-state index in [1.54, 1.807) is 0 Å². The van der Waals surface area contributed by atoms with Gasteiger partial charge >= 0.3 is 0 Å². The Morgan fingerprint density at radius 2 is 1.90 bits per heavy atom. The van der Waals surface area contributed by atoms with Crippen molar-refractivity contribution >= 4 is 28.6 Å². The molecule has 0 atom stereocenters. The highest BCUT2D eigenvalue weighted by atomic mass is 32.2. The van der Waals surface area contributed by atoms with Crippen molar-refractivity contribution in [1.82, 2.24) is 24.6 Å². The molecule has 1 amide bonds. The minimum atomic E-state index is 0.149. The van der Waals surface area contributed by atoms with E-state index in [2.05, 4.69) is 57.0 Å². The zero-order valence-corrected chi connectivity index (χ0v) is 18.4. The van der Waals surface area contributed by atoms with Crippen LogP contribution in [0.25, 0.3) is 10.9 Å². The van der Waals surface area contributed by atoms with E-state index in [9.17, 15) is 4.79 Å². The van der Waals surface area contributed by atoms with E-state index in [0.29, 0.717) is 12.3 Å². The fourth-order valence-corrected chi connectivity index (χ4v) is 5.17. The molecule has 0 saturated carbocycles. The zero-order chi connectivity index (χ0) is 21.2. The first-order valence-electron chi connectivity index (χ1n) is 10.7. The van der Waals surface area contributed by atoms with Crippen molar-refractivity contribution in [2.45, 2.75) is 38.0 Å². The number of hydrogen-bond donors (Lipinski definition) is 1. The Morgan fingerprint density at radius 3 is 2.74 bits per heavy atom. The minimum Gasteiger partial charge on any atom is -0.358 e. The van der Waals surface area contributed by atoms with Gasteiger partial charge in [-0.15, -0.1) is 10.2 Å². The van der Waals surface area contributed by atoms with E-state index in [1.807, 2.05) is 29.2 Å². The summed E-state index contributed by atoms with van der Waals surface area (Å²) in [5, 5.41) is 10.8. The first-order valence-corrected chi connectivity index (χ1v) is 11.7. The molecule has 4 aromatic rings. The largest absolute Gasteiger partial charge is 0.358 e. The molecular weight excluding hydrogens is 406 g/mol. The van der Waals surface area contributed by atoms with E-state index in [-0.39, 0.29) is 5.91 Å². The number of nitrogens with zero attached hydrogens (tertiary/aromatic N) is 4. The molecule has 0 spiro atoms. The van der Waals surface area contributed by atoms with Crippen LogP contribution < -0.4 is 0 Å². The topological polar surface area (TPSA) is 66.8 Å². The minimum absolute atomic E-state index is 0.149. The first-order chi connectivity index (χ1) is 15.2. The van der Waals surface area contributed by atoms with Crippen LogP contribution in [-0.2, 0) is 30.7 Å². The highest BCUT2D eigenvalue weighted by Gasteiger charge is 2.24. The fourth-order valence-electron chi connectivity index (χ4n) is 4.25. The number of thioether (sulfide) groups is 1. The van der Waals surface area contributed by atoms with Crippen LogP contribution >= 0.6 is 11.8 Å². The Morgan fingerprint density at radius 1 is 1.10 bits per heavy atom. The number of carbonyl (C=O) groups is 1. The Balaban J connectivity index is 1.26. The number of hydrogen-bond acceptors (Lipinski definition) is 4. The molecule has 0 bridgehead atoms. The first kappa shape index (κ1) is 19.9. The van der Waals surface area contributed by atoms with E-state index in [1.165, 1.54) is 34.0 Å². The summed E-state index contributed by atoms with van der Waals surface area (Å²) in [4.78, 5) is 18.4. The maximum Gasteiger partial charge on any atom is 0.233 e. The van der Waals surface area contributed by atoms with Crippen LogP contribution in [0.1, 0.15) is 29.6 Å². The Hall–Kier alpha value is -3.06. The molecule has 0 aliphatic carbocycles. The molecule has 31 heavy (non-hydrogen) atoms. The van der Waals surface area contributed by atoms with E-state index >= 15 is 0 Å². The second-order valence-electron chi connectivity index (χ2n) is 7.79. The molecule has 6 nitrogen and oxygen atoms in total. The van der Waals surface area contributed by atoms with Gasteiger partial charge < -0.3 is 14.5 Å². The third-order valence-corrected chi connectivity index (χ3v) is 6.83. The summed E-state index contributed by atoms with van der Waals surface area (Å²) in [6.07, 6.45) is 1.61. The standard InChI is InChI=1S/C24H25N5OS/c1-2-29-22(14-17-8-4-3-5-9-17)26-27-24(29)31-16-23(30)28-13-12-21-19(15-28)18-10-6-7-11-20(18)25-21/h3-11,25H,2,12-16H2,1H3. The van der Waals surface area contributed by atoms with Crippen molar-refractivity contribution in [3.63, 3.8) is 0 Å². The number of benzene rings is 2. The second-order valence-corrected chi connectivity index (χ2v) is 8.73. The summed E-state index contributed by atoms with van der Waals surface area (Å²) in [6.45, 7) is 4.29. The molecule has 0 radical (unpaired) electrons. The van der Waals surface area contributed by atoms with Crippen molar-refractivity contribution < 1.29 is 4.79 Å². The van der Waals surface area contributed by atoms with Gasteiger partial charge in [0.2, 0.25) is 5.91 Å². The SMILES string of the molecule is CCn1c(Cc2ccccc2)nnc1SCC(=O)N1CCc2[nH]c3ccccc3c2C1. The lowest BCUT2D eigenvalue weighted by Crippen LogP contribution is -2.37. The van der Waals surface area contributed by atoms with Gasteiger partial charge in [-0.05, 0) is 18.6 Å². The van der Waals surface area contributed by atoms with E-state index < -0.39 is 0 Å². The molecule has 2 aromatic carbocycles. The number of H-pyrrole nitrogens is 1. The zero-order valence-electron chi connectivity index (χ0n) is 17.5. The van der Waals surface area contributed by atoms with Crippen molar-refractivity contribution in [1.29, 1.82) is 0 Å². The Labute approximate surface area is 185 Å². The number of para-hydroxylation sites is 1. The summed E-state index contributed by atoms with van der Waals surface area (Å²) < 4.78 is 2.11. The van der Waals surface area contributed by atoms with Crippen LogP contribution in [0.15, 0.2) is 59.8 Å². The number of rotatable bonds is 6. The molecule has 5 rings (SSSR count). The molecule has 0 unspecified atom stereocenters. The van der Waals surface area contributed by atoms with E-state index in [0.717, 1.165) is 42.4 Å². The summed E-state index contributed by atoms with van der Waals surface area (Å²) in [6, 6.07) is 18.6.